The predicted octanol–water partition coefficient (Wildman–Crippen LogP) is 2.89. The topological polar surface area (TPSA) is 72.2 Å². The SMILES string of the molecule is Nc1c(F)ccc(S(=O)(=O)NCCc2ccc(Br)s2)c1F. The highest BCUT2D eigenvalue weighted by atomic mass is 79.9. The van der Waals surface area contributed by atoms with Crippen LogP contribution in [0, 0.1) is 11.6 Å². The fourth-order valence-corrected chi connectivity index (χ4v) is 4.23. The average Bonchev–Trinajstić information content (AvgIpc) is 2.81. The van der Waals surface area contributed by atoms with Crippen molar-refractivity contribution in [3.63, 3.8) is 0 Å². The van der Waals surface area contributed by atoms with Crippen molar-refractivity contribution in [2.75, 3.05) is 12.3 Å². The molecule has 0 atom stereocenters. The Bertz CT molecular complexity index is 763. The molecule has 0 amide bonds. The minimum absolute atomic E-state index is 0.103. The first-order valence-corrected chi connectivity index (χ1v) is 8.88. The molecule has 0 spiro atoms. The number of rotatable bonds is 5. The molecule has 2 aromatic rings. The third-order valence-electron chi connectivity index (χ3n) is 2.67. The molecule has 2 rings (SSSR count). The highest BCUT2D eigenvalue weighted by molar-refractivity contribution is 9.11. The van der Waals surface area contributed by atoms with Gasteiger partial charge in [-0.2, -0.15) is 0 Å². The van der Waals surface area contributed by atoms with E-state index in [1.165, 1.54) is 11.3 Å². The van der Waals surface area contributed by atoms with E-state index in [4.69, 9.17) is 5.73 Å². The number of nitrogen functional groups attached to an aromatic ring is 1. The molecule has 1 heterocycles. The normalized spacial score (nSPS) is 11.8. The van der Waals surface area contributed by atoms with Gasteiger partial charge in [-0.25, -0.2) is 21.9 Å². The summed E-state index contributed by atoms with van der Waals surface area (Å²) in [5.41, 5.74) is 4.35. The molecule has 21 heavy (non-hydrogen) atoms. The van der Waals surface area contributed by atoms with Gasteiger partial charge in [0.25, 0.3) is 0 Å². The molecule has 4 nitrogen and oxygen atoms in total. The second-order valence-corrected chi connectivity index (χ2v) is 8.41. The van der Waals surface area contributed by atoms with Crippen LogP contribution in [0.1, 0.15) is 4.88 Å². The number of anilines is 1. The van der Waals surface area contributed by atoms with E-state index >= 15 is 0 Å². The molecule has 9 heteroatoms. The van der Waals surface area contributed by atoms with Gasteiger partial charge in [0.1, 0.15) is 16.4 Å². The number of nitrogens with two attached hydrogens (primary N) is 1. The van der Waals surface area contributed by atoms with Crippen LogP contribution in [0.3, 0.4) is 0 Å². The molecule has 0 unspecified atom stereocenters. The van der Waals surface area contributed by atoms with E-state index in [2.05, 4.69) is 20.7 Å². The van der Waals surface area contributed by atoms with E-state index in [9.17, 15) is 17.2 Å². The van der Waals surface area contributed by atoms with Gasteiger partial charge in [0.15, 0.2) is 5.82 Å². The first kappa shape index (κ1) is 16.3. The zero-order valence-corrected chi connectivity index (χ0v) is 13.8. The van der Waals surface area contributed by atoms with E-state index in [0.29, 0.717) is 6.42 Å². The van der Waals surface area contributed by atoms with Gasteiger partial charge >= 0.3 is 0 Å². The summed E-state index contributed by atoms with van der Waals surface area (Å²) < 4.78 is 53.9. The van der Waals surface area contributed by atoms with Crippen molar-refractivity contribution in [2.24, 2.45) is 0 Å². The van der Waals surface area contributed by atoms with Crippen molar-refractivity contribution in [2.45, 2.75) is 11.3 Å². The molecule has 0 bridgehead atoms. The molecule has 0 aliphatic carbocycles. The van der Waals surface area contributed by atoms with Crippen LogP contribution in [-0.2, 0) is 16.4 Å². The molecule has 0 fully saturated rings. The fourth-order valence-electron chi connectivity index (χ4n) is 1.63. The Balaban J connectivity index is 2.10. The van der Waals surface area contributed by atoms with Gasteiger partial charge in [-0.1, -0.05) is 0 Å². The third kappa shape index (κ3) is 3.79. The van der Waals surface area contributed by atoms with Gasteiger partial charge < -0.3 is 5.73 Å². The highest BCUT2D eigenvalue weighted by Gasteiger charge is 2.22. The van der Waals surface area contributed by atoms with Gasteiger partial charge in [-0.3, -0.25) is 0 Å². The molecule has 0 aliphatic heterocycles. The standard InChI is InChI=1S/C12H11BrF2N2O2S2/c13-10-4-1-7(20-10)5-6-17-21(18,19)9-3-2-8(14)12(16)11(9)15/h1-4,17H,5-6,16H2. The van der Waals surface area contributed by atoms with Crippen LogP contribution in [0.2, 0.25) is 0 Å². The molecule has 0 saturated carbocycles. The number of halogens is 3. The Morgan fingerprint density at radius 2 is 1.95 bits per heavy atom. The Morgan fingerprint density at radius 1 is 1.24 bits per heavy atom. The molecular weight excluding hydrogens is 386 g/mol. The molecule has 1 aromatic heterocycles. The molecule has 114 valence electrons. The van der Waals surface area contributed by atoms with E-state index in [-0.39, 0.29) is 6.54 Å². The Morgan fingerprint density at radius 3 is 2.57 bits per heavy atom. The first-order chi connectivity index (χ1) is 9.81. The summed E-state index contributed by atoms with van der Waals surface area (Å²) in [6.45, 7) is 0.103. The summed E-state index contributed by atoms with van der Waals surface area (Å²) in [6.07, 6.45) is 0.466. The predicted molar refractivity (Wildman–Crippen MR) is 81.7 cm³/mol. The first-order valence-electron chi connectivity index (χ1n) is 5.78. The lowest BCUT2D eigenvalue weighted by Crippen LogP contribution is -2.27. The highest BCUT2D eigenvalue weighted by Crippen LogP contribution is 2.24. The number of thiophene rings is 1. The number of sulfonamides is 1. The Hall–Kier alpha value is -1.03. The van der Waals surface area contributed by atoms with Crippen LogP contribution in [0.4, 0.5) is 14.5 Å². The number of nitrogens with one attached hydrogen (secondary N) is 1. The molecule has 3 N–H and O–H groups in total. The van der Waals surface area contributed by atoms with E-state index < -0.39 is 32.2 Å². The minimum atomic E-state index is -4.07. The minimum Gasteiger partial charge on any atom is -0.394 e. The lowest BCUT2D eigenvalue weighted by atomic mass is 10.3. The Kier molecular flexibility index (Phi) is 4.97. The maximum atomic E-state index is 13.7. The summed E-state index contributed by atoms with van der Waals surface area (Å²) in [5, 5.41) is 0. The number of hydrogen-bond donors (Lipinski definition) is 2. The summed E-state index contributed by atoms with van der Waals surface area (Å²) >= 11 is 4.79. The fraction of sp³-hybridized carbons (Fsp3) is 0.167. The van der Waals surface area contributed by atoms with E-state index in [1.807, 2.05) is 12.1 Å². The van der Waals surface area contributed by atoms with Crippen LogP contribution >= 0.6 is 27.3 Å². The van der Waals surface area contributed by atoms with Gasteiger partial charge in [-0.05, 0) is 46.6 Å². The molecule has 0 aliphatic rings. The van der Waals surface area contributed by atoms with E-state index in [0.717, 1.165) is 20.8 Å². The molecule has 0 saturated heterocycles. The monoisotopic (exact) mass is 396 g/mol. The van der Waals surface area contributed by atoms with Gasteiger partial charge in [0.05, 0.1) is 3.79 Å². The van der Waals surface area contributed by atoms with Crippen molar-refractivity contribution >= 4 is 43.0 Å². The van der Waals surface area contributed by atoms with Crippen LogP contribution in [-0.4, -0.2) is 15.0 Å². The zero-order chi connectivity index (χ0) is 15.6. The molecule has 1 aromatic carbocycles. The summed E-state index contributed by atoms with van der Waals surface area (Å²) in [6, 6.07) is 5.39. The van der Waals surface area contributed by atoms with Gasteiger partial charge in [0, 0.05) is 11.4 Å². The van der Waals surface area contributed by atoms with Crippen molar-refractivity contribution in [1.29, 1.82) is 0 Å². The van der Waals surface area contributed by atoms with Crippen molar-refractivity contribution in [3.8, 4) is 0 Å². The zero-order valence-electron chi connectivity index (χ0n) is 10.6. The van der Waals surface area contributed by atoms with Crippen molar-refractivity contribution in [1.82, 2.24) is 4.72 Å². The van der Waals surface area contributed by atoms with Crippen LogP contribution in [0.15, 0.2) is 32.9 Å². The van der Waals surface area contributed by atoms with Crippen LogP contribution < -0.4 is 10.5 Å². The number of hydrogen-bond acceptors (Lipinski definition) is 4. The smallest absolute Gasteiger partial charge is 0.243 e. The lowest BCUT2D eigenvalue weighted by Gasteiger charge is -2.09. The largest absolute Gasteiger partial charge is 0.394 e. The summed E-state index contributed by atoms with van der Waals surface area (Å²) in [5.74, 6) is -2.27. The average molecular weight is 397 g/mol. The second-order valence-electron chi connectivity index (χ2n) is 4.13. The van der Waals surface area contributed by atoms with E-state index in [1.54, 1.807) is 0 Å². The Labute approximate surface area is 133 Å². The number of benzene rings is 1. The molecule has 0 radical (unpaired) electrons. The van der Waals surface area contributed by atoms with Crippen molar-refractivity contribution < 1.29 is 17.2 Å². The molecular formula is C12H11BrF2N2O2S2. The summed E-state index contributed by atoms with van der Waals surface area (Å²) in [7, 11) is -4.07. The third-order valence-corrected chi connectivity index (χ3v) is 5.83. The summed E-state index contributed by atoms with van der Waals surface area (Å²) in [4.78, 5) is 0.317. The van der Waals surface area contributed by atoms with Crippen LogP contribution in [0.5, 0.6) is 0 Å². The van der Waals surface area contributed by atoms with Gasteiger partial charge in [0.2, 0.25) is 10.0 Å². The maximum absolute atomic E-state index is 13.7. The van der Waals surface area contributed by atoms with Crippen molar-refractivity contribution in [3.05, 3.63) is 44.6 Å². The maximum Gasteiger partial charge on any atom is 0.243 e. The quantitative estimate of drug-likeness (QED) is 0.763. The van der Waals surface area contributed by atoms with Crippen LogP contribution in [0.25, 0.3) is 0 Å². The lowest BCUT2D eigenvalue weighted by molar-refractivity contribution is 0.548. The van der Waals surface area contributed by atoms with Gasteiger partial charge in [-0.15, -0.1) is 11.3 Å². The second kappa shape index (κ2) is 6.39.